The molecule has 0 aliphatic carbocycles. The molecule has 1 aromatic carbocycles. The van der Waals surface area contributed by atoms with Crippen LogP contribution < -0.4 is 5.32 Å². The molecular formula is C15H23N3O. The first-order valence-corrected chi connectivity index (χ1v) is 7.00. The van der Waals surface area contributed by atoms with Gasteiger partial charge in [-0.25, -0.2) is 4.98 Å². The SMILES string of the molecule is CCc1nc2ccccc2n1CCNCCCOC. The van der Waals surface area contributed by atoms with E-state index in [1.807, 2.05) is 6.07 Å². The van der Waals surface area contributed by atoms with Gasteiger partial charge >= 0.3 is 0 Å². The molecule has 0 atom stereocenters. The van der Waals surface area contributed by atoms with Gasteiger partial charge in [0.1, 0.15) is 5.82 Å². The Morgan fingerprint density at radius 3 is 2.89 bits per heavy atom. The van der Waals surface area contributed by atoms with Crippen molar-refractivity contribution < 1.29 is 4.74 Å². The van der Waals surface area contributed by atoms with Gasteiger partial charge < -0.3 is 14.6 Å². The Labute approximate surface area is 114 Å². The third-order valence-corrected chi connectivity index (χ3v) is 3.26. The largest absolute Gasteiger partial charge is 0.385 e. The summed E-state index contributed by atoms with van der Waals surface area (Å²) in [4.78, 5) is 4.67. The lowest BCUT2D eigenvalue weighted by molar-refractivity contribution is 0.194. The summed E-state index contributed by atoms with van der Waals surface area (Å²) in [5.41, 5.74) is 2.33. The number of ether oxygens (including phenoxy) is 1. The molecule has 0 unspecified atom stereocenters. The number of nitrogens with one attached hydrogen (secondary N) is 1. The van der Waals surface area contributed by atoms with Crippen LogP contribution in [0.3, 0.4) is 0 Å². The van der Waals surface area contributed by atoms with Crippen LogP contribution in [0.1, 0.15) is 19.2 Å². The molecule has 1 aromatic heterocycles. The summed E-state index contributed by atoms with van der Waals surface area (Å²) in [6.45, 7) is 5.92. The van der Waals surface area contributed by atoms with Gasteiger partial charge in [0.2, 0.25) is 0 Å². The normalized spacial score (nSPS) is 11.3. The summed E-state index contributed by atoms with van der Waals surface area (Å²) in [7, 11) is 1.74. The molecule has 19 heavy (non-hydrogen) atoms. The van der Waals surface area contributed by atoms with E-state index in [1.54, 1.807) is 7.11 Å². The number of para-hydroxylation sites is 2. The molecule has 0 bridgehead atoms. The molecule has 1 heterocycles. The Balaban J connectivity index is 1.95. The van der Waals surface area contributed by atoms with Gasteiger partial charge in [-0.2, -0.15) is 0 Å². The fourth-order valence-electron chi connectivity index (χ4n) is 2.30. The van der Waals surface area contributed by atoms with Crippen molar-refractivity contribution in [2.75, 3.05) is 26.8 Å². The van der Waals surface area contributed by atoms with Crippen molar-refractivity contribution >= 4 is 11.0 Å². The van der Waals surface area contributed by atoms with Gasteiger partial charge in [0.05, 0.1) is 11.0 Å². The molecule has 4 heteroatoms. The molecule has 0 fully saturated rings. The lowest BCUT2D eigenvalue weighted by Crippen LogP contribution is -2.22. The maximum atomic E-state index is 5.03. The number of hydrogen-bond donors (Lipinski definition) is 1. The van der Waals surface area contributed by atoms with Crippen LogP contribution in [0, 0.1) is 0 Å². The third kappa shape index (κ3) is 3.55. The van der Waals surface area contributed by atoms with Crippen molar-refractivity contribution in [2.24, 2.45) is 0 Å². The number of aromatic nitrogens is 2. The molecule has 0 amide bonds. The van der Waals surface area contributed by atoms with E-state index in [2.05, 4.69) is 40.0 Å². The Bertz CT molecular complexity index is 507. The van der Waals surface area contributed by atoms with E-state index < -0.39 is 0 Å². The standard InChI is InChI=1S/C15H23N3O/c1-3-15-17-13-7-4-5-8-14(13)18(15)11-10-16-9-6-12-19-2/h4-5,7-8,16H,3,6,9-12H2,1-2H3. The molecule has 0 saturated heterocycles. The fourth-order valence-corrected chi connectivity index (χ4v) is 2.30. The number of aryl methyl sites for hydroxylation is 1. The van der Waals surface area contributed by atoms with E-state index in [-0.39, 0.29) is 0 Å². The smallest absolute Gasteiger partial charge is 0.109 e. The van der Waals surface area contributed by atoms with Crippen LogP contribution >= 0.6 is 0 Å². The molecule has 0 saturated carbocycles. The fraction of sp³-hybridized carbons (Fsp3) is 0.533. The van der Waals surface area contributed by atoms with Crippen molar-refractivity contribution in [3.05, 3.63) is 30.1 Å². The highest BCUT2D eigenvalue weighted by atomic mass is 16.5. The van der Waals surface area contributed by atoms with Crippen molar-refractivity contribution in [1.82, 2.24) is 14.9 Å². The average molecular weight is 261 g/mol. The monoisotopic (exact) mass is 261 g/mol. The van der Waals surface area contributed by atoms with Gasteiger partial charge in [0, 0.05) is 33.2 Å². The van der Waals surface area contributed by atoms with E-state index in [0.29, 0.717) is 0 Å². The number of benzene rings is 1. The quantitative estimate of drug-likeness (QED) is 0.741. The Hall–Kier alpha value is -1.39. The van der Waals surface area contributed by atoms with Crippen molar-refractivity contribution in [3.63, 3.8) is 0 Å². The van der Waals surface area contributed by atoms with Crippen LogP contribution in [-0.2, 0) is 17.7 Å². The molecule has 2 rings (SSSR count). The number of hydrogen-bond acceptors (Lipinski definition) is 3. The third-order valence-electron chi connectivity index (χ3n) is 3.26. The van der Waals surface area contributed by atoms with Crippen LogP contribution in [0.4, 0.5) is 0 Å². The number of fused-ring (bicyclic) bond motifs is 1. The molecule has 4 nitrogen and oxygen atoms in total. The Morgan fingerprint density at radius 1 is 1.26 bits per heavy atom. The van der Waals surface area contributed by atoms with Crippen LogP contribution in [0.15, 0.2) is 24.3 Å². The zero-order chi connectivity index (χ0) is 13.5. The molecule has 0 aliphatic heterocycles. The predicted molar refractivity (Wildman–Crippen MR) is 78.5 cm³/mol. The topological polar surface area (TPSA) is 39.1 Å². The van der Waals surface area contributed by atoms with Gasteiger partial charge in [0.15, 0.2) is 0 Å². The number of nitrogens with zero attached hydrogens (tertiary/aromatic N) is 2. The van der Waals surface area contributed by atoms with Crippen molar-refractivity contribution in [3.8, 4) is 0 Å². The van der Waals surface area contributed by atoms with Gasteiger partial charge in [-0.1, -0.05) is 19.1 Å². The van der Waals surface area contributed by atoms with E-state index in [0.717, 1.165) is 44.6 Å². The van der Waals surface area contributed by atoms with Crippen LogP contribution in [-0.4, -0.2) is 36.4 Å². The summed E-state index contributed by atoms with van der Waals surface area (Å²) in [5, 5.41) is 3.45. The molecule has 104 valence electrons. The van der Waals surface area contributed by atoms with Gasteiger partial charge in [0.25, 0.3) is 0 Å². The average Bonchev–Trinajstić information content (AvgIpc) is 2.81. The molecule has 0 spiro atoms. The maximum absolute atomic E-state index is 5.03. The van der Waals surface area contributed by atoms with E-state index in [1.165, 1.54) is 11.3 Å². The van der Waals surface area contributed by atoms with E-state index in [9.17, 15) is 0 Å². The minimum Gasteiger partial charge on any atom is -0.385 e. The second-order valence-electron chi connectivity index (χ2n) is 4.62. The molecular weight excluding hydrogens is 238 g/mol. The second kappa shape index (κ2) is 7.26. The van der Waals surface area contributed by atoms with Gasteiger partial charge in [-0.3, -0.25) is 0 Å². The highest BCUT2D eigenvalue weighted by Gasteiger charge is 2.07. The predicted octanol–water partition coefficient (Wildman–Crippen LogP) is 2.22. The van der Waals surface area contributed by atoms with Crippen LogP contribution in [0.25, 0.3) is 11.0 Å². The number of imidazole rings is 1. The first-order valence-electron chi connectivity index (χ1n) is 7.00. The summed E-state index contributed by atoms with van der Waals surface area (Å²) in [6, 6.07) is 8.34. The Morgan fingerprint density at radius 2 is 2.11 bits per heavy atom. The highest BCUT2D eigenvalue weighted by molar-refractivity contribution is 5.75. The van der Waals surface area contributed by atoms with Crippen LogP contribution in [0.5, 0.6) is 0 Å². The van der Waals surface area contributed by atoms with Crippen molar-refractivity contribution in [1.29, 1.82) is 0 Å². The molecule has 1 N–H and O–H groups in total. The van der Waals surface area contributed by atoms with E-state index >= 15 is 0 Å². The minimum absolute atomic E-state index is 0.821. The van der Waals surface area contributed by atoms with Gasteiger partial charge in [-0.15, -0.1) is 0 Å². The summed E-state index contributed by atoms with van der Waals surface area (Å²) in [6.07, 6.45) is 2.03. The summed E-state index contributed by atoms with van der Waals surface area (Å²) in [5.74, 6) is 1.17. The molecule has 0 aliphatic rings. The molecule has 0 radical (unpaired) electrons. The second-order valence-corrected chi connectivity index (χ2v) is 4.62. The lowest BCUT2D eigenvalue weighted by atomic mass is 10.3. The zero-order valence-corrected chi connectivity index (χ0v) is 11.9. The maximum Gasteiger partial charge on any atom is 0.109 e. The number of rotatable bonds is 8. The first kappa shape index (κ1) is 14.0. The van der Waals surface area contributed by atoms with E-state index in [4.69, 9.17) is 4.74 Å². The minimum atomic E-state index is 0.821. The zero-order valence-electron chi connectivity index (χ0n) is 11.9. The highest BCUT2D eigenvalue weighted by Crippen LogP contribution is 2.15. The first-order chi connectivity index (χ1) is 9.36. The van der Waals surface area contributed by atoms with Crippen LogP contribution in [0.2, 0.25) is 0 Å². The summed E-state index contributed by atoms with van der Waals surface area (Å²) < 4.78 is 7.35. The van der Waals surface area contributed by atoms with Gasteiger partial charge in [-0.05, 0) is 25.1 Å². The summed E-state index contributed by atoms with van der Waals surface area (Å²) >= 11 is 0. The van der Waals surface area contributed by atoms with Crippen molar-refractivity contribution in [2.45, 2.75) is 26.3 Å². The Kier molecular flexibility index (Phi) is 5.36. The number of methoxy groups -OCH3 is 1. The lowest BCUT2D eigenvalue weighted by Gasteiger charge is -2.09. The molecule has 2 aromatic rings.